The van der Waals surface area contributed by atoms with Crippen LogP contribution in [-0.4, -0.2) is 39.7 Å². The number of fused-ring (bicyclic) bond motifs is 1. The molecule has 6 heteroatoms. The maximum absolute atomic E-state index is 11.9. The van der Waals surface area contributed by atoms with E-state index in [4.69, 9.17) is 10.2 Å². The molecule has 2 rings (SSSR count). The maximum Gasteiger partial charge on any atom is 0.328 e. The summed E-state index contributed by atoms with van der Waals surface area (Å²) in [5.74, 6) is -1.68. The number of rotatable bonds is 5. The van der Waals surface area contributed by atoms with Crippen LogP contribution in [0.3, 0.4) is 0 Å². The van der Waals surface area contributed by atoms with Crippen molar-refractivity contribution < 1.29 is 19.8 Å². The maximum atomic E-state index is 11.9. The molecule has 1 aromatic carbocycles. The van der Waals surface area contributed by atoms with Gasteiger partial charge in [-0.3, -0.25) is 4.79 Å². The molecule has 0 aliphatic carbocycles. The van der Waals surface area contributed by atoms with Gasteiger partial charge in [0.25, 0.3) is 0 Å². The minimum atomic E-state index is -1.27. The van der Waals surface area contributed by atoms with Gasteiger partial charge in [-0.15, -0.1) is 0 Å². The summed E-state index contributed by atoms with van der Waals surface area (Å²) in [5, 5.41) is 20.9. The van der Waals surface area contributed by atoms with Gasteiger partial charge < -0.3 is 20.5 Å². The summed E-state index contributed by atoms with van der Waals surface area (Å²) < 4.78 is 0. The number of carbonyl (C=O) groups excluding carboxylic acids is 1. The normalized spacial score (nSPS) is 12.3. The first-order chi connectivity index (χ1) is 9.52. The van der Waals surface area contributed by atoms with Crippen LogP contribution in [-0.2, 0) is 16.0 Å². The third kappa shape index (κ3) is 2.80. The van der Waals surface area contributed by atoms with E-state index in [1.807, 2.05) is 31.2 Å². The lowest BCUT2D eigenvalue weighted by atomic mass is 10.1. The number of aromatic nitrogens is 1. The van der Waals surface area contributed by atoms with Gasteiger partial charge in [0, 0.05) is 16.6 Å². The van der Waals surface area contributed by atoms with Crippen molar-refractivity contribution in [3.63, 3.8) is 0 Å². The minimum absolute atomic E-state index is 0.0691. The van der Waals surface area contributed by atoms with Crippen molar-refractivity contribution in [2.75, 3.05) is 6.61 Å². The summed E-state index contributed by atoms with van der Waals surface area (Å²) in [6.45, 7) is 1.23. The number of amides is 1. The average molecular weight is 276 g/mol. The van der Waals surface area contributed by atoms with Gasteiger partial charge in [-0.2, -0.15) is 0 Å². The first-order valence-electron chi connectivity index (χ1n) is 6.22. The van der Waals surface area contributed by atoms with Gasteiger partial charge in [0.2, 0.25) is 5.91 Å². The Hall–Kier alpha value is -2.34. The molecule has 0 saturated heterocycles. The molecule has 0 radical (unpaired) electrons. The summed E-state index contributed by atoms with van der Waals surface area (Å²) in [5.41, 5.74) is 2.64. The van der Waals surface area contributed by atoms with Crippen LogP contribution in [0.2, 0.25) is 0 Å². The third-order valence-electron chi connectivity index (χ3n) is 3.18. The number of carboxylic acids is 1. The molecule has 0 bridgehead atoms. The number of hydrogen-bond acceptors (Lipinski definition) is 3. The molecule has 1 aromatic heterocycles. The Labute approximate surface area is 115 Å². The Morgan fingerprint density at radius 1 is 1.35 bits per heavy atom. The number of H-pyrrole nitrogens is 1. The van der Waals surface area contributed by atoms with Gasteiger partial charge in [0.1, 0.15) is 6.04 Å². The molecule has 1 amide bonds. The van der Waals surface area contributed by atoms with Crippen LogP contribution >= 0.6 is 0 Å². The molecule has 0 saturated carbocycles. The number of carboxylic acid groups (broad SMARTS) is 1. The van der Waals surface area contributed by atoms with Crippen molar-refractivity contribution in [2.45, 2.75) is 19.4 Å². The van der Waals surface area contributed by atoms with E-state index < -0.39 is 24.5 Å². The van der Waals surface area contributed by atoms with E-state index in [1.54, 1.807) is 0 Å². The van der Waals surface area contributed by atoms with E-state index in [-0.39, 0.29) is 6.42 Å². The monoisotopic (exact) mass is 276 g/mol. The summed E-state index contributed by atoms with van der Waals surface area (Å²) in [7, 11) is 0. The smallest absolute Gasteiger partial charge is 0.328 e. The number of nitrogens with one attached hydrogen (secondary N) is 2. The Kier molecular flexibility index (Phi) is 4.05. The highest BCUT2D eigenvalue weighted by atomic mass is 16.4. The molecule has 6 nitrogen and oxygen atoms in total. The molecule has 0 aliphatic heterocycles. The number of hydrogen-bond donors (Lipinski definition) is 4. The fourth-order valence-corrected chi connectivity index (χ4v) is 2.15. The van der Waals surface area contributed by atoms with Crippen LogP contribution < -0.4 is 5.32 Å². The Balaban J connectivity index is 2.18. The van der Waals surface area contributed by atoms with Crippen molar-refractivity contribution in [3.05, 3.63) is 35.5 Å². The molecule has 1 unspecified atom stereocenters. The molecule has 0 aliphatic rings. The van der Waals surface area contributed by atoms with Crippen molar-refractivity contribution >= 4 is 22.8 Å². The van der Waals surface area contributed by atoms with E-state index >= 15 is 0 Å². The summed E-state index contributed by atoms with van der Waals surface area (Å²) in [4.78, 5) is 25.8. The van der Waals surface area contributed by atoms with Crippen molar-refractivity contribution in [1.82, 2.24) is 10.3 Å². The second kappa shape index (κ2) is 5.75. The topological polar surface area (TPSA) is 102 Å². The zero-order valence-corrected chi connectivity index (χ0v) is 11.0. The molecule has 4 N–H and O–H groups in total. The predicted molar refractivity (Wildman–Crippen MR) is 73.4 cm³/mol. The molecule has 106 valence electrons. The van der Waals surface area contributed by atoms with E-state index in [0.29, 0.717) is 0 Å². The fourth-order valence-electron chi connectivity index (χ4n) is 2.15. The van der Waals surface area contributed by atoms with E-state index in [2.05, 4.69) is 10.3 Å². The highest BCUT2D eigenvalue weighted by molar-refractivity contribution is 5.91. The zero-order chi connectivity index (χ0) is 14.7. The van der Waals surface area contributed by atoms with Gasteiger partial charge in [0.05, 0.1) is 13.0 Å². The molecule has 20 heavy (non-hydrogen) atoms. The molecule has 1 heterocycles. The van der Waals surface area contributed by atoms with Gasteiger partial charge in [-0.25, -0.2) is 4.79 Å². The number of aromatic amines is 1. The SMILES string of the molecule is Cc1[nH]c2ccccc2c1CC(=O)NC(CO)C(=O)O. The highest BCUT2D eigenvalue weighted by Crippen LogP contribution is 2.22. The van der Waals surface area contributed by atoms with Crippen LogP contribution in [0.15, 0.2) is 24.3 Å². The lowest BCUT2D eigenvalue weighted by Gasteiger charge is -2.11. The quantitative estimate of drug-likeness (QED) is 0.641. The van der Waals surface area contributed by atoms with Crippen LogP contribution in [0.4, 0.5) is 0 Å². The number of aliphatic hydroxyl groups is 1. The van der Waals surface area contributed by atoms with Crippen molar-refractivity contribution in [1.29, 1.82) is 0 Å². The summed E-state index contributed by atoms with van der Waals surface area (Å²) in [6, 6.07) is 6.33. The van der Waals surface area contributed by atoms with E-state index in [9.17, 15) is 9.59 Å². The van der Waals surface area contributed by atoms with Crippen LogP contribution in [0, 0.1) is 6.92 Å². The third-order valence-corrected chi connectivity index (χ3v) is 3.18. The standard InChI is InChI=1S/C14H16N2O4/c1-8-10(9-4-2-3-5-11(9)15-8)6-13(18)16-12(7-17)14(19)20/h2-5,12,15,17H,6-7H2,1H3,(H,16,18)(H,19,20). The molecule has 2 aromatic rings. The predicted octanol–water partition coefficient (Wildman–Crippen LogP) is 0.581. The molecule has 0 spiro atoms. The Morgan fingerprint density at radius 2 is 2.05 bits per heavy atom. The minimum Gasteiger partial charge on any atom is -0.480 e. The Morgan fingerprint density at radius 3 is 2.70 bits per heavy atom. The number of benzene rings is 1. The summed E-state index contributed by atoms with van der Waals surface area (Å²) in [6.07, 6.45) is 0.0691. The van der Waals surface area contributed by atoms with Crippen LogP contribution in [0.1, 0.15) is 11.3 Å². The number of carbonyl (C=O) groups is 2. The van der Waals surface area contributed by atoms with E-state index in [1.165, 1.54) is 0 Å². The number of aliphatic hydroxyl groups excluding tert-OH is 1. The Bertz CT molecular complexity index is 648. The lowest BCUT2D eigenvalue weighted by Crippen LogP contribution is -2.44. The average Bonchev–Trinajstić information content (AvgIpc) is 2.72. The van der Waals surface area contributed by atoms with Crippen molar-refractivity contribution in [3.8, 4) is 0 Å². The van der Waals surface area contributed by atoms with Gasteiger partial charge in [0.15, 0.2) is 0 Å². The van der Waals surface area contributed by atoms with Crippen molar-refractivity contribution in [2.24, 2.45) is 0 Å². The lowest BCUT2D eigenvalue weighted by molar-refractivity contribution is -0.142. The zero-order valence-electron chi connectivity index (χ0n) is 11.0. The van der Waals surface area contributed by atoms with Gasteiger partial charge in [-0.05, 0) is 18.6 Å². The highest BCUT2D eigenvalue weighted by Gasteiger charge is 2.20. The molecular weight excluding hydrogens is 260 g/mol. The molecular formula is C14H16N2O4. The number of aliphatic carboxylic acids is 1. The van der Waals surface area contributed by atoms with Gasteiger partial charge in [-0.1, -0.05) is 18.2 Å². The molecule has 0 fully saturated rings. The second-order valence-electron chi connectivity index (χ2n) is 4.59. The number of para-hydroxylation sites is 1. The van der Waals surface area contributed by atoms with Crippen LogP contribution in [0.25, 0.3) is 10.9 Å². The first-order valence-corrected chi connectivity index (χ1v) is 6.22. The van der Waals surface area contributed by atoms with Gasteiger partial charge >= 0.3 is 5.97 Å². The number of aryl methyl sites for hydroxylation is 1. The summed E-state index contributed by atoms with van der Waals surface area (Å²) >= 11 is 0. The largest absolute Gasteiger partial charge is 0.480 e. The fraction of sp³-hybridized carbons (Fsp3) is 0.286. The van der Waals surface area contributed by atoms with Crippen LogP contribution in [0.5, 0.6) is 0 Å². The molecule has 1 atom stereocenters. The van der Waals surface area contributed by atoms with E-state index in [0.717, 1.165) is 22.2 Å². The second-order valence-corrected chi connectivity index (χ2v) is 4.59. The first kappa shape index (κ1) is 14.1.